The predicted octanol–water partition coefficient (Wildman–Crippen LogP) is 3.45. The first-order chi connectivity index (χ1) is 12.5. The molecule has 1 aliphatic heterocycles. The number of rotatable bonds is 5. The van der Waals surface area contributed by atoms with Crippen molar-refractivity contribution >= 4 is 34.6 Å². The number of nitrogens with one attached hydrogen (secondary N) is 2. The zero-order valence-electron chi connectivity index (χ0n) is 15.3. The van der Waals surface area contributed by atoms with Gasteiger partial charge < -0.3 is 20.4 Å². The highest BCUT2D eigenvalue weighted by atomic mass is 35.5. The van der Waals surface area contributed by atoms with Crippen molar-refractivity contribution in [3.63, 3.8) is 0 Å². The highest BCUT2D eigenvalue weighted by Crippen LogP contribution is 2.23. The second kappa shape index (κ2) is 8.43. The molecule has 0 bridgehead atoms. The van der Waals surface area contributed by atoms with Crippen LogP contribution in [0.5, 0.6) is 0 Å². The number of nitrogens with zero attached hydrogens (tertiary/aromatic N) is 2. The van der Waals surface area contributed by atoms with Crippen LogP contribution in [-0.2, 0) is 4.79 Å². The Morgan fingerprint density at radius 3 is 2.46 bits per heavy atom. The van der Waals surface area contributed by atoms with Crippen molar-refractivity contribution in [3.8, 4) is 0 Å². The van der Waals surface area contributed by atoms with E-state index in [1.165, 1.54) is 5.69 Å². The van der Waals surface area contributed by atoms with Gasteiger partial charge in [-0.2, -0.15) is 0 Å². The second-order valence-corrected chi connectivity index (χ2v) is 7.06. The summed E-state index contributed by atoms with van der Waals surface area (Å²) in [5.41, 5.74) is 3.82. The molecule has 0 unspecified atom stereocenters. The Hall–Kier alpha value is -2.24. The van der Waals surface area contributed by atoms with E-state index < -0.39 is 0 Å². The number of benzene rings is 2. The van der Waals surface area contributed by atoms with Crippen LogP contribution in [0.4, 0.5) is 17.1 Å². The van der Waals surface area contributed by atoms with Gasteiger partial charge in [0.25, 0.3) is 0 Å². The molecule has 0 saturated carbocycles. The van der Waals surface area contributed by atoms with Crippen LogP contribution in [-0.4, -0.2) is 50.6 Å². The van der Waals surface area contributed by atoms with Gasteiger partial charge in [0.15, 0.2) is 0 Å². The molecule has 0 aliphatic carbocycles. The molecular formula is C20H25ClN4O. The zero-order valence-corrected chi connectivity index (χ0v) is 16.0. The van der Waals surface area contributed by atoms with E-state index in [-0.39, 0.29) is 12.5 Å². The van der Waals surface area contributed by atoms with Crippen LogP contribution in [0.25, 0.3) is 0 Å². The summed E-state index contributed by atoms with van der Waals surface area (Å²) in [5, 5.41) is 6.74. The maximum Gasteiger partial charge on any atom is 0.243 e. The van der Waals surface area contributed by atoms with Gasteiger partial charge in [-0.25, -0.2) is 0 Å². The monoisotopic (exact) mass is 372 g/mol. The first-order valence-electron chi connectivity index (χ1n) is 8.85. The van der Waals surface area contributed by atoms with E-state index in [0.29, 0.717) is 5.02 Å². The number of carbonyl (C=O) groups is 1. The fourth-order valence-electron chi connectivity index (χ4n) is 3.00. The van der Waals surface area contributed by atoms with E-state index >= 15 is 0 Å². The third-order valence-corrected chi connectivity index (χ3v) is 5.14. The van der Waals surface area contributed by atoms with Crippen molar-refractivity contribution in [3.05, 3.63) is 53.1 Å². The molecule has 0 spiro atoms. The quantitative estimate of drug-likeness (QED) is 0.844. The van der Waals surface area contributed by atoms with Crippen molar-refractivity contribution in [2.45, 2.75) is 6.92 Å². The van der Waals surface area contributed by atoms with Crippen molar-refractivity contribution < 1.29 is 4.79 Å². The van der Waals surface area contributed by atoms with Crippen LogP contribution in [0.15, 0.2) is 42.5 Å². The maximum atomic E-state index is 12.2. The van der Waals surface area contributed by atoms with Gasteiger partial charge in [-0.05, 0) is 55.9 Å². The normalized spacial score (nSPS) is 15.0. The molecule has 3 rings (SSSR count). The Bertz CT molecular complexity index is 755. The molecule has 2 aromatic carbocycles. The van der Waals surface area contributed by atoms with Gasteiger partial charge in [0.05, 0.1) is 6.54 Å². The van der Waals surface area contributed by atoms with Crippen LogP contribution in [0.3, 0.4) is 0 Å². The molecule has 2 N–H and O–H groups in total. The Morgan fingerprint density at radius 1 is 1.08 bits per heavy atom. The van der Waals surface area contributed by atoms with E-state index in [4.69, 9.17) is 11.6 Å². The van der Waals surface area contributed by atoms with E-state index in [0.717, 1.165) is 43.1 Å². The lowest BCUT2D eigenvalue weighted by Gasteiger charge is -2.34. The third kappa shape index (κ3) is 4.68. The summed E-state index contributed by atoms with van der Waals surface area (Å²) in [4.78, 5) is 16.9. The summed E-state index contributed by atoms with van der Waals surface area (Å²) in [6.45, 7) is 6.34. The minimum absolute atomic E-state index is 0.0864. The smallest absolute Gasteiger partial charge is 0.243 e. The molecule has 2 aromatic rings. The average molecular weight is 373 g/mol. The number of hydrogen-bond acceptors (Lipinski definition) is 4. The summed E-state index contributed by atoms with van der Waals surface area (Å²) in [6.07, 6.45) is 0. The maximum absolute atomic E-state index is 12.2. The van der Waals surface area contributed by atoms with Gasteiger partial charge in [0, 0.05) is 48.3 Å². The number of piperazine rings is 1. The molecule has 1 heterocycles. The van der Waals surface area contributed by atoms with Gasteiger partial charge in [-0.3, -0.25) is 4.79 Å². The molecular weight excluding hydrogens is 348 g/mol. The fraction of sp³-hybridized carbons (Fsp3) is 0.350. The van der Waals surface area contributed by atoms with Gasteiger partial charge in [-0.1, -0.05) is 17.7 Å². The third-order valence-electron chi connectivity index (χ3n) is 4.73. The molecule has 0 aromatic heterocycles. The Morgan fingerprint density at radius 2 is 1.77 bits per heavy atom. The highest BCUT2D eigenvalue weighted by Gasteiger charge is 2.14. The number of hydrogen-bond donors (Lipinski definition) is 2. The largest absolute Gasteiger partial charge is 0.376 e. The van der Waals surface area contributed by atoms with E-state index in [9.17, 15) is 4.79 Å². The van der Waals surface area contributed by atoms with E-state index in [2.05, 4.69) is 39.6 Å². The van der Waals surface area contributed by atoms with Crippen molar-refractivity contribution in [1.82, 2.24) is 4.90 Å². The molecule has 6 heteroatoms. The molecule has 0 atom stereocenters. The molecule has 1 amide bonds. The van der Waals surface area contributed by atoms with E-state index in [1.54, 1.807) is 0 Å². The Kier molecular flexibility index (Phi) is 6.01. The summed E-state index contributed by atoms with van der Waals surface area (Å²) in [7, 11) is 2.15. The summed E-state index contributed by atoms with van der Waals surface area (Å²) >= 11 is 6.10. The number of carbonyl (C=O) groups excluding carboxylic acids is 1. The first-order valence-corrected chi connectivity index (χ1v) is 9.23. The minimum atomic E-state index is -0.0864. The van der Waals surface area contributed by atoms with Crippen LogP contribution in [0.2, 0.25) is 5.02 Å². The first kappa shape index (κ1) is 18.5. The van der Waals surface area contributed by atoms with Gasteiger partial charge in [0.1, 0.15) is 0 Å². The molecule has 138 valence electrons. The van der Waals surface area contributed by atoms with Crippen molar-refractivity contribution in [1.29, 1.82) is 0 Å². The van der Waals surface area contributed by atoms with Crippen LogP contribution in [0, 0.1) is 6.92 Å². The second-order valence-electron chi connectivity index (χ2n) is 6.65. The average Bonchev–Trinajstić information content (AvgIpc) is 2.64. The number of likely N-dealkylation sites (N-methyl/N-ethyl adjacent to an activating group) is 1. The number of amides is 1. The van der Waals surface area contributed by atoms with Crippen molar-refractivity contribution in [2.75, 3.05) is 55.3 Å². The number of halogens is 1. The molecule has 0 radical (unpaired) electrons. The lowest BCUT2D eigenvalue weighted by molar-refractivity contribution is -0.114. The topological polar surface area (TPSA) is 47.6 Å². The number of anilines is 3. The summed E-state index contributed by atoms with van der Waals surface area (Å²) < 4.78 is 0. The fourth-order valence-corrected chi connectivity index (χ4v) is 3.17. The minimum Gasteiger partial charge on any atom is -0.376 e. The lowest BCUT2D eigenvalue weighted by Crippen LogP contribution is -2.44. The Balaban J connectivity index is 1.52. The van der Waals surface area contributed by atoms with Crippen LogP contribution in [0.1, 0.15) is 5.56 Å². The van der Waals surface area contributed by atoms with Crippen LogP contribution >= 0.6 is 11.6 Å². The summed E-state index contributed by atoms with van der Waals surface area (Å²) in [5.74, 6) is -0.0864. The summed E-state index contributed by atoms with van der Waals surface area (Å²) in [6, 6.07) is 13.7. The lowest BCUT2D eigenvalue weighted by atomic mass is 10.2. The van der Waals surface area contributed by atoms with Crippen LogP contribution < -0.4 is 15.5 Å². The highest BCUT2D eigenvalue weighted by molar-refractivity contribution is 6.31. The van der Waals surface area contributed by atoms with Gasteiger partial charge >= 0.3 is 0 Å². The predicted molar refractivity (Wildman–Crippen MR) is 109 cm³/mol. The molecule has 26 heavy (non-hydrogen) atoms. The standard InChI is InChI=1S/C20H25ClN4O/c1-15-18(21)4-3-5-19(15)22-14-20(26)23-16-6-8-17(9-7-16)25-12-10-24(2)11-13-25/h3-9,22H,10-14H2,1-2H3,(H,23,26). The van der Waals surface area contributed by atoms with E-state index in [1.807, 2.05) is 37.3 Å². The van der Waals surface area contributed by atoms with Crippen molar-refractivity contribution in [2.24, 2.45) is 0 Å². The molecule has 1 fully saturated rings. The van der Waals surface area contributed by atoms with Gasteiger partial charge in [-0.15, -0.1) is 0 Å². The zero-order chi connectivity index (χ0) is 18.5. The SMILES string of the molecule is Cc1c(Cl)cccc1NCC(=O)Nc1ccc(N2CCN(C)CC2)cc1. The Labute approximate surface area is 159 Å². The van der Waals surface area contributed by atoms with Gasteiger partial charge in [0.2, 0.25) is 5.91 Å². The molecule has 5 nitrogen and oxygen atoms in total. The molecule has 1 aliphatic rings. The molecule has 1 saturated heterocycles.